The molecule has 2 heterocycles. The van der Waals surface area contributed by atoms with E-state index in [1.807, 2.05) is 0 Å². The number of nitrogens with one attached hydrogen (secondary N) is 2. The number of halogens is 4. The topological polar surface area (TPSA) is 142 Å². The number of hydrogen-bond donors (Lipinski definition) is 2. The summed E-state index contributed by atoms with van der Waals surface area (Å²) in [6.07, 6.45) is -2.76. The van der Waals surface area contributed by atoms with Crippen molar-refractivity contribution in [1.29, 1.82) is 10.0 Å². The fourth-order valence-electron chi connectivity index (χ4n) is 3.75. The molecule has 1 unspecified atom stereocenters. The molecule has 0 saturated heterocycles. The molecule has 3 aromatic rings. The normalized spacial score (nSPS) is 15.7. The number of ether oxygens (including phenoxy) is 1. The lowest BCUT2D eigenvalue weighted by atomic mass is 10.0. The third kappa shape index (κ3) is 5.14. The highest BCUT2D eigenvalue weighted by Gasteiger charge is 2.47. The smallest absolute Gasteiger partial charge is 0.432 e. The molecule has 0 radical (unpaired) electrons. The second-order valence-electron chi connectivity index (χ2n) is 8.92. The Morgan fingerprint density at radius 3 is 2.47 bits per heavy atom. The van der Waals surface area contributed by atoms with E-state index in [1.165, 1.54) is 43.5 Å². The summed E-state index contributed by atoms with van der Waals surface area (Å²) >= 11 is 0. The summed E-state index contributed by atoms with van der Waals surface area (Å²) in [5, 5.41) is 18.3. The number of carbonyl (C=O) groups is 1. The maximum absolute atomic E-state index is 15.0. The van der Waals surface area contributed by atoms with E-state index >= 15 is 0 Å². The van der Waals surface area contributed by atoms with Crippen LogP contribution in [0.5, 0.6) is 11.6 Å². The van der Waals surface area contributed by atoms with Crippen LogP contribution in [0.25, 0.3) is 0 Å². The van der Waals surface area contributed by atoms with Gasteiger partial charge in [0.1, 0.15) is 5.56 Å². The molecule has 1 saturated carbocycles. The number of aromatic nitrogens is 3. The molecule has 14 heteroatoms. The van der Waals surface area contributed by atoms with Crippen molar-refractivity contribution in [3.63, 3.8) is 0 Å². The van der Waals surface area contributed by atoms with E-state index in [1.54, 1.807) is 0 Å². The minimum atomic E-state index is -4.95. The number of nitrogens with zero attached hydrogens (tertiary/aromatic N) is 4. The lowest BCUT2D eigenvalue weighted by molar-refractivity contribution is -0.142. The van der Waals surface area contributed by atoms with Crippen LogP contribution in [-0.2, 0) is 21.3 Å². The summed E-state index contributed by atoms with van der Waals surface area (Å²) in [5.74, 6) is -3.42. The molecular weight excluding hydrogens is 528 g/mol. The van der Waals surface area contributed by atoms with Gasteiger partial charge in [-0.15, -0.1) is 10.2 Å². The highest BCUT2D eigenvalue weighted by Crippen LogP contribution is 2.47. The van der Waals surface area contributed by atoms with Crippen LogP contribution < -0.4 is 10.1 Å². The van der Waals surface area contributed by atoms with Crippen LogP contribution in [0, 0.1) is 35.9 Å². The van der Waals surface area contributed by atoms with Gasteiger partial charge in [-0.2, -0.15) is 22.8 Å². The van der Waals surface area contributed by atoms with Crippen LogP contribution in [0.1, 0.15) is 45.7 Å². The molecule has 0 spiro atoms. The van der Waals surface area contributed by atoms with E-state index < -0.39 is 61.6 Å². The third-order valence-electron chi connectivity index (χ3n) is 5.99. The Morgan fingerprint density at radius 2 is 1.92 bits per heavy atom. The van der Waals surface area contributed by atoms with Gasteiger partial charge in [0.25, 0.3) is 17.7 Å². The monoisotopic (exact) mass is 548 g/mol. The molecule has 4 rings (SSSR count). The maximum atomic E-state index is 15.0. The van der Waals surface area contributed by atoms with Gasteiger partial charge in [0, 0.05) is 16.8 Å². The number of rotatable bonds is 6. The molecule has 1 aromatic carbocycles. The molecule has 0 aliphatic heterocycles. The average molecular weight is 549 g/mol. The third-order valence-corrected chi connectivity index (χ3v) is 7.15. The van der Waals surface area contributed by atoms with Crippen molar-refractivity contribution in [2.75, 3.05) is 11.6 Å². The summed E-state index contributed by atoms with van der Waals surface area (Å²) in [6, 6.07) is 8.99. The van der Waals surface area contributed by atoms with Crippen molar-refractivity contribution in [1.82, 2.24) is 15.2 Å². The van der Waals surface area contributed by atoms with Gasteiger partial charge in [-0.25, -0.2) is 14.0 Å². The Bertz CT molecular complexity index is 1590. The Labute approximate surface area is 214 Å². The first kappa shape index (κ1) is 26.9. The van der Waals surface area contributed by atoms with Gasteiger partial charge in [-0.1, -0.05) is 6.07 Å². The number of carbonyl (C=O) groups excluding carboxylic acids is 1. The van der Waals surface area contributed by atoms with Crippen LogP contribution in [0.4, 0.5) is 23.2 Å². The van der Waals surface area contributed by atoms with Crippen LogP contribution in [0.2, 0.25) is 0 Å². The fourth-order valence-corrected chi connectivity index (χ4v) is 4.44. The standard InChI is InChI=1S/C24H20F4N6O3S/c1-12-9-16(23(11-29)7-8-23)32-20(25)18(12)37-22-17(13(2)19(33-34-22)24(26,27)28)21(35)31-14-5-4-6-15(10-14)38(3,30)36/h4-6,9-10,30H,7-8H2,1-3H3,(H,31,35). The molecule has 198 valence electrons. The molecule has 1 aliphatic carbocycles. The van der Waals surface area contributed by atoms with Gasteiger partial charge < -0.3 is 10.1 Å². The number of benzene rings is 1. The van der Waals surface area contributed by atoms with Crippen molar-refractivity contribution < 1.29 is 31.3 Å². The van der Waals surface area contributed by atoms with Crippen LogP contribution >= 0.6 is 0 Å². The van der Waals surface area contributed by atoms with E-state index in [0.717, 1.165) is 6.92 Å². The fraction of sp³-hybridized carbons (Fsp3) is 0.292. The minimum absolute atomic E-state index is 0.0460. The molecule has 1 aliphatic rings. The van der Waals surface area contributed by atoms with Crippen LogP contribution in [0.3, 0.4) is 0 Å². The quantitative estimate of drug-likeness (QED) is 0.315. The van der Waals surface area contributed by atoms with Gasteiger partial charge in [0.2, 0.25) is 0 Å². The Morgan fingerprint density at radius 1 is 1.24 bits per heavy atom. The first-order valence-electron chi connectivity index (χ1n) is 11.0. The number of nitriles is 1. The van der Waals surface area contributed by atoms with Crippen molar-refractivity contribution in [2.45, 2.75) is 43.2 Å². The van der Waals surface area contributed by atoms with Gasteiger partial charge in [-0.3, -0.25) is 4.79 Å². The van der Waals surface area contributed by atoms with Crippen LogP contribution in [-0.4, -0.2) is 31.6 Å². The zero-order chi connectivity index (χ0) is 28.0. The second kappa shape index (κ2) is 9.32. The van der Waals surface area contributed by atoms with Gasteiger partial charge in [-0.05, 0) is 62.1 Å². The highest BCUT2D eigenvalue weighted by atomic mass is 32.2. The summed E-state index contributed by atoms with van der Waals surface area (Å²) in [5.41, 5.74) is -3.20. The van der Waals surface area contributed by atoms with Crippen molar-refractivity contribution in [3.8, 4) is 17.7 Å². The number of hydrogen-bond acceptors (Lipinski definition) is 8. The molecule has 0 bridgehead atoms. The maximum Gasteiger partial charge on any atom is 0.435 e. The number of amides is 1. The molecule has 1 atom stereocenters. The van der Waals surface area contributed by atoms with Crippen molar-refractivity contribution >= 4 is 21.3 Å². The summed E-state index contributed by atoms with van der Waals surface area (Å²) in [6.45, 7) is 2.45. The first-order valence-corrected chi connectivity index (χ1v) is 13.0. The number of aryl methyl sites for hydroxylation is 1. The molecule has 1 fully saturated rings. The molecule has 1 amide bonds. The lowest BCUT2D eigenvalue weighted by Gasteiger charge is -2.17. The highest BCUT2D eigenvalue weighted by molar-refractivity contribution is 7.91. The van der Waals surface area contributed by atoms with Gasteiger partial charge >= 0.3 is 6.18 Å². The zero-order valence-electron chi connectivity index (χ0n) is 20.2. The Balaban J connectivity index is 1.77. The van der Waals surface area contributed by atoms with Crippen molar-refractivity contribution in [2.24, 2.45) is 0 Å². The molecule has 2 N–H and O–H groups in total. The van der Waals surface area contributed by atoms with E-state index in [9.17, 15) is 31.8 Å². The summed E-state index contributed by atoms with van der Waals surface area (Å²) in [7, 11) is -3.15. The Kier molecular flexibility index (Phi) is 6.60. The lowest BCUT2D eigenvalue weighted by Crippen LogP contribution is -2.21. The van der Waals surface area contributed by atoms with E-state index in [0.29, 0.717) is 12.8 Å². The molecular formula is C24H20F4N6O3S. The number of pyridine rings is 1. The van der Waals surface area contributed by atoms with E-state index in [4.69, 9.17) is 9.52 Å². The second-order valence-corrected chi connectivity index (χ2v) is 11.1. The van der Waals surface area contributed by atoms with Crippen LogP contribution in [0.15, 0.2) is 35.2 Å². The van der Waals surface area contributed by atoms with Gasteiger partial charge in [0.15, 0.2) is 11.4 Å². The molecule has 9 nitrogen and oxygen atoms in total. The summed E-state index contributed by atoms with van der Waals surface area (Å²) in [4.78, 5) is 17.1. The predicted molar refractivity (Wildman–Crippen MR) is 127 cm³/mol. The van der Waals surface area contributed by atoms with E-state index in [2.05, 4.69) is 26.6 Å². The van der Waals surface area contributed by atoms with Crippen molar-refractivity contribution in [3.05, 3.63) is 64.4 Å². The predicted octanol–water partition coefficient (Wildman–Crippen LogP) is 5.28. The SMILES string of the molecule is Cc1cc(C2(C#N)CC2)nc(F)c1Oc1nnc(C(F)(F)F)c(C)c1C(=O)Nc1cccc(S(C)(=N)=O)c1. The molecule has 38 heavy (non-hydrogen) atoms. The zero-order valence-corrected chi connectivity index (χ0v) is 21.1. The van der Waals surface area contributed by atoms with E-state index in [-0.39, 0.29) is 21.8 Å². The molecule has 2 aromatic heterocycles. The minimum Gasteiger partial charge on any atom is -0.432 e. The van der Waals surface area contributed by atoms with Gasteiger partial charge in [0.05, 0.1) is 26.9 Å². The summed E-state index contributed by atoms with van der Waals surface area (Å²) < 4.78 is 80.9. The largest absolute Gasteiger partial charge is 0.435 e. The number of anilines is 1. The first-order chi connectivity index (χ1) is 17.7. The number of alkyl halides is 3. The Hall–Kier alpha value is -4.12. The average Bonchev–Trinajstić information content (AvgIpc) is 3.61.